The van der Waals surface area contributed by atoms with Crippen molar-refractivity contribution >= 4 is 39.3 Å². The van der Waals surface area contributed by atoms with Gasteiger partial charge in [-0.3, -0.25) is 4.79 Å². The van der Waals surface area contributed by atoms with Crippen LogP contribution in [0.2, 0.25) is 0 Å². The van der Waals surface area contributed by atoms with Gasteiger partial charge in [-0.15, -0.1) is 10.2 Å². The van der Waals surface area contributed by atoms with Gasteiger partial charge in [-0.2, -0.15) is 0 Å². The van der Waals surface area contributed by atoms with Crippen molar-refractivity contribution in [2.75, 3.05) is 25.3 Å². The lowest BCUT2D eigenvalue weighted by Crippen LogP contribution is -2.13. The maximum absolute atomic E-state index is 12.1. The molecule has 7 nitrogen and oxygen atoms in total. The Morgan fingerprint density at radius 2 is 1.96 bits per heavy atom. The van der Waals surface area contributed by atoms with Crippen LogP contribution in [0.25, 0.3) is 0 Å². The van der Waals surface area contributed by atoms with Crippen LogP contribution in [0.4, 0.5) is 5.69 Å². The molecule has 1 aromatic heterocycles. The van der Waals surface area contributed by atoms with Gasteiger partial charge in [0.05, 0.1) is 26.4 Å². The van der Waals surface area contributed by atoms with E-state index in [0.29, 0.717) is 29.0 Å². The van der Waals surface area contributed by atoms with Crippen molar-refractivity contribution in [1.29, 1.82) is 0 Å². The third-order valence-electron chi connectivity index (χ3n) is 3.69. The van der Waals surface area contributed by atoms with Gasteiger partial charge in [-0.25, -0.2) is 0 Å². The summed E-state index contributed by atoms with van der Waals surface area (Å²) in [6.45, 7) is 0. The van der Waals surface area contributed by atoms with Crippen molar-refractivity contribution in [3.8, 4) is 11.5 Å². The van der Waals surface area contributed by atoms with Gasteiger partial charge in [0.1, 0.15) is 0 Å². The number of halogens is 1. The number of carbonyl (C=O) groups is 1. The molecule has 0 aliphatic rings. The first-order chi connectivity index (χ1) is 13.6. The number of rotatable bonds is 8. The largest absolute Gasteiger partial charge is 0.493 e. The smallest absolute Gasteiger partial charge is 0.277 e. The Kier molecular flexibility index (Phi) is 6.94. The summed E-state index contributed by atoms with van der Waals surface area (Å²) in [5, 5.41) is 11.2. The van der Waals surface area contributed by atoms with Gasteiger partial charge in [-0.1, -0.05) is 39.8 Å². The van der Waals surface area contributed by atoms with E-state index in [1.165, 1.54) is 11.8 Å². The first kappa shape index (κ1) is 20.2. The molecule has 0 saturated carbocycles. The zero-order valence-electron chi connectivity index (χ0n) is 15.3. The van der Waals surface area contributed by atoms with Gasteiger partial charge in [0.2, 0.25) is 11.8 Å². The van der Waals surface area contributed by atoms with Crippen molar-refractivity contribution in [1.82, 2.24) is 10.2 Å². The molecule has 0 atom stereocenters. The highest BCUT2D eigenvalue weighted by atomic mass is 79.9. The van der Waals surface area contributed by atoms with Gasteiger partial charge in [0.25, 0.3) is 5.22 Å². The monoisotopic (exact) mass is 463 g/mol. The van der Waals surface area contributed by atoms with Crippen LogP contribution in [0.3, 0.4) is 0 Å². The highest BCUT2D eigenvalue weighted by Gasteiger charge is 2.12. The van der Waals surface area contributed by atoms with Crippen molar-refractivity contribution < 1.29 is 18.7 Å². The molecule has 0 radical (unpaired) electrons. The second-order valence-electron chi connectivity index (χ2n) is 5.68. The molecule has 0 unspecified atom stereocenters. The first-order valence-electron chi connectivity index (χ1n) is 8.29. The Bertz CT molecular complexity index is 964. The number of thioether (sulfide) groups is 1. The number of hydrogen-bond donors (Lipinski definition) is 1. The molecule has 0 fully saturated rings. The molecule has 146 valence electrons. The summed E-state index contributed by atoms with van der Waals surface area (Å²) in [7, 11) is 3.17. The number of nitrogens with zero attached hydrogens (tertiary/aromatic N) is 2. The topological polar surface area (TPSA) is 86.5 Å². The van der Waals surface area contributed by atoms with E-state index in [1.54, 1.807) is 14.2 Å². The summed E-state index contributed by atoms with van der Waals surface area (Å²) in [6.07, 6.45) is 0.457. The number of hydrogen-bond acceptors (Lipinski definition) is 7. The molecule has 0 spiro atoms. The van der Waals surface area contributed by atoms with E-state index in [1.807, 2.05) is 42.5 Å². The van der Waals surface area contributed by atoms with Gasteiger partial charge in [0.15, 0.2) is 11.5 Å². The Morgan fingerprint density at radius 1 is 1.14 bits per heavy atom. The number of ether oxygens (including phenoxy) is 2. The highest BCUT2D eigenvalue weighted by Crippen LogP contribution is 2.28. The average molecular weight is 464 g/mol. The number of methoxy groups -OCH3 is 2. The Morgan fingerprint density at radius 3 is 2.71 bits per heavy atom. The number of amides is 1. The van der Waals surface area contributed by atoms with E-state index < -0.39 is 0 Å². The number of aromatic nitrogens is 2. The minimum atomic E-state index is -0.150. The Balaban J connectivity index is 1.55. The van der Waals surface area contributed by atoms with Gasteiger partial charge in [-0.05, 0) is 35.9 Å². The fraction of sp³-hybridized carbons (Fsp3) is 0.211. The molecule has 3 rings (SSSR count). The lowest BCUT2D eigenvalue weighted by atomic mass is 10.1. The predicted molar refractivity (Wildman–Crippen MR) is 110 cm³/mol. The quantitative estimate of drug-likeness (QED) is 0.501. The van der Waals surface area contributed by atoms with E-state index in [2.05, 4.69) is 31.4 Å². The van der Waals surface area contributed by atoms with E-state index >= 15 is 0 Å². The third kappa shape index (κ3) is 5.49. The standard InChI is InChI=1S/C19H18BrN3O4S/c1-25-15-7-6-12(8-16(15)26-2)9-18-22-23-19(27-18)28-11-17(24)21-14-5-3-4-13(20)10-14/h3-8,10H,9,11H2,1-2H3,(H,21,24). The van der Waals surface area contributed by atoms with E-state index in [-0.39, 0.29) is 11.7 Å². The minimum Gasteiger partial charge on any atom is -0.493 e. The fourth-order valence-electron chi connectivity index (χ4n) is 2.42. The maximum Gasteiger partial charge on any atom is 0.277 e. The summed E-state index contributed by atoms with van der Waals surface area (Å²) >= 11 is 4.56. The van der Waals surface area contributed by atoms with Crippen LogP contribution in [0.5, 0.6) is 11.5 Å². The molecule has 0 bridgehead atoms. The van der Waals surface area contributed by atoms with Crippen molar-refractivity contribution in [2.24, 2.45) is 0 Å². The van der Waals surface area contributed by atoms with Crippen LogP contribution in [0, 0.1) is 0 Å². The van der Waals surface area contributed by atoms with Crippen LogP contribution in [0.15, 0.2) is 56.6 Å². The molecule has 0 aliphatic heterocycles. The van der Waals surface area contributed by atoms with Crippen LogP contribution in [0.1, 0.15) is 11.5 Å². The molecular formula is C19H18BrN3O4S. The second kappa shape index (κ2) is 9.61. The summed E-state index contributed by atoms with van der Waals surface area (Å²) in [5.74, 6) is 1.78. The van der Waals surface area contributed by atoms with Crippen molar-refractivity contribution in [3.05, 3.63) is 58.4 Å². The van der Waals surface area contributed by atoms with E-state index in [9.17, 15) is 4.79 Å². The summed E-state index contributed by atoms with van der Waals surface area (Å²) in [4.78, 5) is 12.1. The molecule has 0 saturated heterocycles. The van der Waals surface area contributed by atoms with Crippen LogP contribution in [-0.2, 0) is 11.2 Å². The maximum atomic E-state index is 12.1. The fourth-order valence-corrected chi connectivity index (χ4v) is 3.40. The van der Waals surface area contributed by atoms with Gasteiger partial charge >= 0.3 is 0 Å². The van der Waals surface area contributed by atoms with Crippen LogP contribution >= 0.6 is 27.7 Å². The lowest BCUT2D eigenvalue weighted by molar-refractivity contribution is -0.113. The molecular weight excluding hydrogens is 446 g/mol. The van der Waals surface area contributed by atoms with Gasteiger partial charge < -0.3 is 19.2 Å². The highest BCUT2D eigenvalue weighted by molar-refractivity contribution is 9.10. The molecule has 9 heteroatoms. The summed E-state index contributed by atoms with van der Waals surface area (Å²) < 4.78 is 17.0. The second-order valence-corrected chi connectivity index (χ2v) is 7.52. The molecule has 1 amide bonds. The molecule has 1 heterocycles. The molecule has 3 aromatic rings. The Labute approximate surface area is 175 Å². The van der Waals surface area contributed by atoms with E-state index in [0.717, 1.165) is 15.7 Å². The van der Waals surface area contributed by atoms with E-state index in [4.69, 9.17) is 13.9 Å². The molecule has 28 heavy (non-hydrogen) atoms. The average Bonchev–Trinajstić information content (AvgIpc) is 3.13. The molecule has 2 aromatic carbocycles. The zero-order valence-corrected chi connectivity index (χ0v) is 17.7. The third-order valence-corrected chi connectivity index (χ3v) is 5.00. The number of carbonyl (C=O) groups excluding carboxylic acids is 1. The first-order valence-corrected chi connectivity index (χ1v) is 10.1. The molecule has 0 aliphatic carbocycles. The predicted octanol–water partition coefficient (Wildman–Crippen LogP) is 4.17. The SMILES string of the molecule is COc1ccc(Cc2nnc(SCC(=O)Nc3cccc(Br)c3)o2)cc1OC. The van der Waals surface area contributed by atoms with Crippen molar-refractivity contribution in [2.45, 2.75) is 11.6 Å². The number of benzene rings is 2. The summed E-state index contributed by atoms with van der Waals surface area (Å²) in [6, 6.07) is 13.0. The minimum absolute atomic E-state index is 0.150. The molecule has 1 N–H and O–H groups in total. The number of anilines is 1. The lowest BCUT2D eigenvalue weighted by Gasteiger charge is -2.08. The van der Waals surface area contributed by atoms with Crippen LogP contribution in [-0.4, -0.2) is 36.1 Å². The summed E-state index contributed by atoms with van der Waals surface area (Å²) in [5.41, 5.74) is 1.67. The number of nitrogens with one attached hydrogen (secondary N) is 1. The van der Waals surface area contributed by atoms with Gasteiger partial charge in [0, 0.05) is 10.2 Å². The Hall–Kier alpha value is -2.52. The normalized spacial score (nSPS) is 10.5. The van der Waals surface area contributed by atoms with Crippen LogP contribution < -0.4 is 14.8 Å². The zero-order chi connectivity index (χ0) is 19.9. The van der Waals surface area contributed by atoms with Crippen molar-refractivity contribution in [3.63, 3.8) is 0 Å².